The molecule has 0 amide bonds. The fourth-order valence-electron chi connectivity index (χ4n) is 3.17. The number of carbonyl (C=O) groups excluding carboxylic acids is 1. The lowest BCUT2D eigenvalue weighted by Gasteiger charge is -2.17. The third-order valence-corrected chi connectivity index (χ3v) is 4.75. The number of benzene rings is 2. The van der Waals surface area contributed by atoms with Gasteiger partial charge in [-0.25, -0.2) is 4.79 Å². The molecule has 0 aliphatic rings. The molecule has 0 aliphatic carbocycles. The Morgan fingerprint density at radius 3 is 2.18 bits per heavy atom. The van der Waals surface area contributed by atoms with E-state index in [-0.39, 0.29) is 12.5 Å². The number of aliphatic hydroxyl groups is 1. The highest BCUT2D eigenvalue weighted by atomic mass is 16.5. The molecule has 0 aliphatic heterocycles. The van der Waals surface area contributed by atoms with Crippen molar-refractivity contribution in [2.75, 3.05) is 6.61 Å². The van der Waals surface area contributed by atoms with Crippen LogP contribution in [-0.4, -0.2) is 28.9 Å². The first-order valence-electron chi connectivity index (χ1n) is 9.53. The topological polar surface area (TPSA) is 66.8 Å². The fraction of sp³-hybridized carbons (Fsp3) is 0.375. The minimum Gasteiger partial charge on any atom is -0.507 e. The Balaban J connectivity index is 2.42. The van der Waals surface area contributed by atoms with Crippen LogP contribution in [0.4, 0.5) is 0 Å². The summed E-state index contributed by atoms with van der Waals surface area (Å²) in [5.41, 5.74) is 6.09. The summed E-state index contributed by atoms with van der Waals surface area (Å²) in [6.45, 7) is 13.0. The van der Waals surface area contributed by atoms with Gasteiger partial charge in [-0.3, -0.25) is 0 Å². The van der Waals surface area contributed by atoms with Gasteiger partial charge in [0.15, 0.2) is 0 Å². The summed E-state index contributed by atoms with van der Waals surface area (Å²) in [6, 6.07) is 10.1. The molecule has 0 fully saturated rings. The standard InChI is InChI=1S/C24H30O4/c1-14(2)24(27)28-13-17(5)20-10-19(9-18(6)25)11-22(12-20)21-7-15(3)23(26)16(4)8-21/h7-8,10-12,17-18,25-26H,1,9,13H2,2-6H3. The summed E-state index contributed by atoms with van der Waals surface area (Å²) in [7, 11) is 0. The zero-order valence-corrected chi connectivity index (χ0v) is 17.4. The molecule has 2 atom stereocenters. The lowest BCUT2D eigenvalue weighted by Crippen LogP contribution is -2.12. The number of ether oxygens (including phenoxy) is 1. The summed E-state index contributed by atoms with van der Waals surface area (Å²) >= 11 is 0. The first-order chi connectivity index (χ1) is 13.1. The summed E-state index contributed by atoms with van der Waals surface area (Å²) < 4.78 is 5.32. The molecular formula is C24H30O4. The van der Waals surface area contributed by atoms with Gasteiger partial charge >= 0.3 is 5.97 Å². The highest BCUT2D eigenvalue weighted by Gasteiger charge is 2.14. The quantitative estimate of drug-likeness (QED) is 0.532. The molecule has 2 N–H and O–H groups in total. The first kappa shape index (κ1) is 21.7. The molecule has 0 heterocycles. The number of phenols is 1. The van der Waals surface area contributed by atoms with Crippen LogP contribution in [0.15, 0.2) is 42.5 Å². The van der Waals surface area contributed by atoms with Gasteiger partial charge in [0.25, 0.3) is 0 Å². The van der Waals surface area contributed by atoms with Gasteiger partial charge in [0.05, 0.1) is 12.7 Å². The molecule has 0 aromatic heterocycles. The van der Waals surface area contributed by atoms with E-state index in [0.717, 1.165) is 33.4 Å². The van der Waals surface area contributed by atoms with E-state index in [1.165, 1.54) is 0 Å². The third-order valence-electron chi connectivity index (χ3n) is 4.75. The smallest absolute Gasteiger partial charge is 0.333 e. The van der Waals surface area contributed by atoms with Crippen LogP contribution in [-0.2, 0) is 16.0 Å². The molecule has 0 saturated heterocycles. The molecule has 0 radical (unpaired) electrons. The Morgan fingerprint density at radius 2 is 1.64 bits per heavy atom. The van der Waals surface area contributed by atoms with Crippen molar-refractivity contribution >= 4 is 5.97 Å². The van der Waals surface area contributed by atoms with Crippen LogP contribution in [0.25, 0.3) is 11.1 Å². The second-order valence-electron chi connectivity index (χ2n) is 7.75. The van der Waals surface area contributed by atoms with E-state index in [1.54, 1.807) is 13.8 Å². The zero-order chi connectivity index (χ0) is 21.0. The Kier molecular flexibility index (Phi) is 7.03. The molecule has 2 aromatic rings. The predicted molar refractivity (Wildman–Crippen MR) is 113 cm³/mol. The van der Waals surface area contributed by atoms with Gasteiger partial charge in [-0.2, -0.15) is 0 Å². The second kappa shape index (κ2) is 9.07. The Hall–Kier alpha value is -2.59. The molecule has 2 rings (SSSR count). The van der Waals surface area contributed by atoms with Gasteiger partial charge in [-0.1, -0.05) is 31.7 Å². The minimum absolute atomic E-state index is 0.00434. The third kappa shape index (κ3) is 5.46. The summed E-state index contributed by atoms with van der Waals surface area (Å²) in [5, 5.41) is 19.9. The van der Waals surface area contributed by atoms with Gasteiger partial charge in [-0.05, 0) is 79.6 Å². The van der Waals surface area contributed by atoms with E-state index in [2.05, 4.69) is 24.8 Å². The zero-order valence-electron chi connectivity index (χ0n) is 17.4. The van der Waals surface area contributed by atoms with E-state index < -0.39 is 12.1 Å². The van der Waals surface area contributed by atoms with Crippen LogP contribution in [0, 0.1) is 13.8 Å². The second-order valence-corrected chi connectivity index (χ2v) is 7.75. The van der Waals surface area contributed by atoms with Crippen LogP contribution >= 0.6 is 0 Å². The van der Waals surface area contributed by atoms with E-state index in [9.17, 15) is 15.0 Å². The monoisotopic (exact) mass is 382 g/mol. The highest BCUT2D eigenvalue weighted by Crippen LogP contribution is 2.32. The average Bonchev–Trinajstić information content (AvgIpc) is 2.62. The van der Waals surface area contributed by atoms with Gasteiger partial charge in [-0.15, -0.1) is 0 Å². The molecule has 0 saturated carbocycles. The van der Waals surface area contributed by atoms with Crippen molar-refractivity contribution < 1.29 is 19.7 Å². The lowest BCUT2D eigenvalue weighted by atomic mass is 9.91. The number of aromatic hydroxyl groups is 1. The average molecular weight is 383 g/mol. The lowest BCUT2D eigenvalue weighted by molar-refractivity contribution is -0.139. The predicted octanol–water partition coefficient (Wildman–Crippen LogP) is 4.82. The largest absolute Gasteiger partial charge is 0.507 e. The van der Waals surface area contributed by atoms with E-state index in [4.69, 9.17) is 4.74 Å². The van der Waals surface area contributed by atoms with Crippen LogP contribution in [0.5, 0.6) is 5.75 Å². The molecule has 150 valence electrons. The van der Waals surface area contributed by atoms with E-state index in [1.807, 2.05) is 32.9 Å². The van der Waals surface area contributed by atoms with Gasteiger partial charge < -0.3 is 14.9 Å². The summed E-state index contributed by atoms with van der Waals surface area (Å²) in [5.74, 6) is -0.0866. The molecule has 0 bridgehead atoms. The highest BCUT2D eigenvalue weighted by molar-refractivity contribution is 5.86. The van der Waals surface area contributed by atoms with Crippen LogP contribution in [0.2, 0.25) is 0 Å². The van der Waals surface area contributed by atoms with Crippen molar-refractivity contribution in [3.63, 3.8) is 0 Å². The molecule has 28 heavy (non-hydrogen) atoms. The van der Waals surface area contributed by atoms with E-state index >= 15 is 0 Å². The van der Waals surface area contributed by atoms with Crippen molar-refractivity contribution in [3.05, 3.63) is 64.7 Å². The normalized spacial score (nSPS) is 13.1. The number of aryl methyl sites for hydroxylation is 2. The van der Waals surface area contributed by atoms with E-state index in [0.29, 0.717) is 17.7 Å². The van der Waals surface area contributed by atoms with Crippen molar-refractivity contribution in [1.29, 1.82) is 0 Å². The molecule has 2 aromatic carbocycles. The number of rotatable bonds is 7. The van der Waals surface area contributed by atoms with Crippen molar-refractivity contribution in [2.45, 2.75) is 53.1 Å². The van der Waals surface area contributed by atoms with Gasteiger partial charge in [0, 0.05) is 11.5 Å². The molecule has 4 nitrogen and oxygen atoms in total. The Labute approximate surface area is 167 Å². The van der Waals surface area contributed by atoms with Crippen molar-refractivity contribution in [3.8, 4) is 16.9 Å². The number of hydrogen-bond donors (Lipinski definition) is 2. The number of esters is 1. The first-order valence-corrected chi connectivity index (χ1v) is 9.53. The van der Waals surface area contributed by atoms with Crippen LogP contribution in [0.3, 0.4) is 0 Å². The SMILES string of the molecule is C=C(C)C(=O)OCC(C)c1cc(CC(C)O)cc(-c2cc(C)c(O)c(C)c2)c1. The molecule has 0 spiro atoms. The van der Waals surface area contributed by atoms with Crippen LogP contribution < -0.4 is 0 Å². The Bertz CT molecular complexity index is 857. The maximum absolute atomic E-state index is 11.7. The fourth-order valence-corrected chi connectivity index (χ4v) is 3.17. The number of aliphatic hydroxyl groups excluding tert-OH is 1. The Morgan fingerprint density at radius 1 is 1.07 bits per heavy atom. The number of phenolic OH excluding ortho intramolecular Hbond substituents is 1. The maximum Gasteiger partial charge on any atom is 0.333 e. The van der Waals surface area contributed by atoms with Crippen molar-refractivity contribution in [2.24, 2.45) is 0 Å². The molecule has 4 heteroatoms. The maximum atomic E-state index is 11.7. The summed E-state index contributed by atoms with van der Waals surface area (Å²) in [6.07, 6.45) is 0.0813. The number of hydrogen-bond acceptors (Lipinski definition) is 4. The van der Waals surface area contributed by atoms with Crippen LogP contribution in [0.1, 0.15) is 48.9 Å². The molecular weight excluding hydrogens is 352 g/mol. The van der Waals surface area contributed by atoms with Crippen molar-refractivity contribution in [1.82, 2.24) is 0 Å². The molecule has 2 unspecified atom stereocenters. The van der Waals surface area contributed by atoms with Gasteiger partial charge in [0.2, 0.25) is 0 Å². The van der Waals surface area contributed by atoms with Gasteiger partial charge in [0.1, 0.15) is 5.75 Å². The number of carbonyl (C=O) groups is 1. The summed E-state index contributed by atoms with van der Waals surface area (Å²) in [4.78, 5) is 11.7. The minimum atomic E-state index is -0.456.